The van der Waals surface area contributed by atoms with Gasteiger partial charge >= 0.3 is 5.97 Å². The molecule has 0 saturated carbocycles. The number of hydrogen-bond donors (Lipinski definition) is 1. The number of amidine groups is 1. The predicted octanol–water partition coefficient (Wildman–Crippen LogP) is 3.50. The van der Waals surface area contributed by atoms with E-state index in [4.69, 9.17) is 26.8 Å². The molecule has 0 aromatic heterocycles. The topological polar surface area (TPSA) is 91.0 Å². The van der Waals surface area contributed by atoms with Gasteiger partial charge < -0.3 is 15.2 Å². The standard InChI is InChI=1S/C18H13ClN2O4S/c1-24-14-8-10(9-15-16(22)21-18(20)26-15)2-7-13(14)25-17(23)11-3-5-12(19)6-4-11/h2-9H,1H3,(H2,20,21,22)/b15-9-. The van der Waals surface area contributed by atoms with Crippen molar-refractivity contribution in [1.82, 2.24) is 0 Å². The normalized spacial score (nSPS) is 15.1. The summed E-state index contributed by atoms with van der Waals surface area (Å²) in [7, 11) is 1.46. The maximum Gasteiger partial charge on any atom is 0.343 e. The van der Waals surface area contributed by atoms with E-state index in [1.54, 1.807) is 48.5 Å². The van der Waals surface area contributed by atoms with Crippen molar-refractivity contribution in [3.05, 3.63) is 63.5 Å². The highest BCUT2D eigenvalue weighted by atomic mass is 35.5. The zero-order valence-electron chi connectivity index (χ0n) is 13.6. The number of aliphatic imine (C=N–C) groups is 1. The van der Waals surface area contributed by atoms with Gasteiger partial charge in [-0.15, -0.1) is 0 Å². The van der Waals surface area contributed by atoms with E-state index in [1.807, 2.05) is 0 Å². The van der Waals surface area contributed by atoms with Crippen LogP contribution in [0.15, 0.2) is 52.4 Å². The molecule has 1 aliphatic heterocycles. The number of nitrogens with zero attached hydrogens (tertiary/aromatic N) is 1. The molecule has 1 amide bonds. The maximum absolute atomic E-state index is 12.2. The number of ether oxygens (including phenoxy) is 2. The number of esters is 1. The van der Waals surface area contributed by atoms with Gasteiger partial charge in [-0.25, -0.2) is 4.79 Å². The number of amides is 1. The highest BCUT2D eigenvalue weighted by Crippen LogP contribution is 2.32. The van der Waals surface area contributed by atoms with Gasteiger partial charge in [-0.3, -0.25) is 4.79 Å². The highest BCUT2D eigenvalue weighted by Gasteiger charge is 2.20. The van der Waals surface area contributed by atoms with Crippen LogP contribution in [0, 0.1) is 0 Å². The Labute approximate surface area is 158 Å². The maximum atomic E-state index is 12.2. The molecule has 3 rings (SSSR count). The number of halogens is 1. The number of nitrogens with two attached hydrogens (primary N) is 1. The number of carbonyl (C=O) groups is 2. The Bertz CT molecular complexity index is 939. The Kier molecular flexibility index (Phi) is 5.29. The molecule has 2 aromatic rings. The van der Waals surface area contributed by atoms with E-state index in [0.717, 1.165) is 11.8 Å². The summed E-state index contributed by atoms with van der Waals surface area (Å²) in [6.45, 7) is 0. The molecular formula is C18H13ClN2O4S. The van der Waals surface area contributed by atoms with Crippen molar-refractivity contribution < 1.29 is 19.1 Å². The van der Waals surface area contributed by atoms with Gasteiger partial charge in [-0.1, -0.05) is 17.7 Å². The van der Waals surface area contributed by atoms with Crippen LogP contribution in [0.4, 0.5) is 0 Å². The van der Waals surface area contributed by atoms with Crippen molar-refractivity contribution >= 4 is 46.5 Å². The highest BCUT2D eigenvalue weighted by molar-refractivity contribution is 8.18. The van der Waals surface area contributed by atoms with Gasteiger partial charge in [0.1, 0.15) is 0 Å². The summed E-state index contributed by atoms with van der Waals surface area (Å²) in [4.78, 5) is 28.0. The average Bonchev–Trinajstić information content (AvgIpc) is 2.93. The van der Waals surface area contributed by atoms with Crippen LogP contribution in [0.5, 0.6) is 11.5 Å². The van der Waals surface area contributed by atoms with Crippen LogP contribution in [-0.4, -0.2) is 24.2 Å². The molecular weight excluding hydrogens is 376 g/mol. The zero-order chi connectivity index (χ0) is 18.7. The van der Waals surface area contributed by atoms with Crippen molar-refractivity contribution in [3.8, 4) is 11.5 Å². The minimum atomic E-state index is -0.534. The van der Waals surface area contributed by atoms with E-state index in [-0.39, 0.29) is 16.8 Å². The third-order valence-electron chi connectivity index (χ3n) is 3.41. The van der Waals surface area contributed by atoms with Crippen molar-refractivity contribution in [1.29, 1.82) is 0 Å². The Morgan fingerprint density at radius 2 is 1.92 bits per heavy atom. The van der Waals surface area contributed by atoms with Gasteiger partial charge in [0.25, 0.3) is 5.91 Å². The summed E-state index contributed by atoms with van der Waals surface area (Å²) in [5, 5.41) is 0.738. The van der Waals surface area contributed by atoms with Gasteiger partial charge in [0.05, 0.1) is 17.6 Å². The summed E-state index contributed by atoms with van der Waals surface area (Å²) in [6, 6.07) is 11.3. The molecule has 0 atom stereocenters. The van der Waals surface area contributed by atoms with Crippen LogP contribution in [0.25, 0.3) is 6.08 Å². The largest absolute Gasteiger partial charge is 0.493 e. The first-order valence-corrected chi connectivity index (χ1v) is 8.59. The Morgan fingerprint density at radius 1 is 1.19 bits per heavy atom. The number of rotatable bonds is 4. The van der Waals surface area contributed by atoms with E-state index in [9.17, 15) is 9.59 Å². The predicted molar refractivity (Wildman–Crippen MR) is 102 cm³/mol. The first-order chi connectivity index (χ1) is 12.5. The lowest BCUT2D eigenvalue weighted by molar-refractivity contribution is -0.113. The van der Waals surface area contributed by atoms with Gasteiger partial charge in [-0.05, 0) is 59.8 Å². The van der Waals surface area contributed by atoms with Crippen LogP contribution < -0.4 is 15.2 Å². The molecule has 0 unspecified atom stereocenters. The molecule has 6 nitrogen and oxygen atoms in total. The summed E-state index contributed by atoms with van der Waals surface area (Å²) in [5.41, 5.74) is 6.58. The fourth-order valence-corrected chi connectivity index (χ4v) is 2.99. The molecule has 0 bridgehead atoms. The monoisotopic (exact) mass is 388 g/mol. The minimum Gasteiger partial charge on any atom is -0.493 e. The van der Waals surface area contributed by atoms with E-state index < -0.39 is 5.97 Å². The second-order valence-corrected chi connectivity index (χ2v) is 6.67. The quantitative estimate of drug-likeness (QED) is 0.489. The number of hydrogen-bond acceptors (Lipinski definition) is 6. The first kappa shape index (κ1) is 18.0. The lowest BCUT2D eigenvalue weighted by atomic mass is 10.2. The lowest BCUT2D eigenvalue weighted by Gasteiger charge is -2.10. The minimum absolute atomic E-state index is 0.210. The third-order valence-corrected chi connectivity index (χ3v) is 4.47. The van der Waals surface area contributed by atoms with Gasteiger partial charge in [0.2, 0.25) is 0 Å². The molecule has 0 fully saturated rings. The second-order valence-electron chi connectivity index (χ2n) is 5.17. The first-order valence-electron chi connectivity index (χ1n) is 7.40. The number of methoxy groups -OCH3 is 1. The molecule has 1 heterocycles. The van der Waals surface area contributed by atoms with Crippen LogP contribution in [0.2, 0.25) is 5.02 Å². The molecule has 26 heavy (non-hydrogen) atoms. The smallest absolute Gasteiger partial charge is 0.343 e. The van der Waals surface area contributed by atoms with Crippen molar-refractivity contribution in [2.45, 2.75) is 0 Å². The van der Waals surface area contributed by atoms with E-state index in [1.165, 1.54) is 7.11 Å². The second kappa shape index (κ2) is 7.63. The summed E-state index contributed by atoms with van der Waals surface area (Å²) in [6.07, 6.45) is 1.64. The molecule has 8 heteroatoms. The molecule has 132 valence electrons. The van der Waals surface area contributed by atoms with Crippen molar-refractivity contribution in [3.63, 3.8) is 0 Å². The van der Waals surface area contributed by atoms with Gasteiger partial charge in [-0.2, -0.15) is 4.99 Å². The van der Waals surface area contributed by atoms with Crippen LogP contribution in [0.3, 0.4) is 0 Å². The van der Waals surface area contributed by atoms with Crippen LogP contribution in [-0.2, 0) is 4.79 Å². The molecule has 0 aliphatic carbocycles. The molecule has 0 saturated heterocycles. The number of carbonyl (C=O) groups excluding carboxylic acids is 2. The number of benzene rings is 2. The SMILES string of the molecule is COc1cc(/C=C2\SC(N)=NC2=O)ccc1OC(=O)c1ccc(Cl)cc1. The summed E-state index contributed by atoms with van der Waals surface area (Å²) >= 11 is 6.91. The fraction of sp³-hybridized carbons (Fsp3) is 0.0556. The van der Waals surface area contributed by atoms with E-state index in [2.05, 4.69) is 4.99 Å². The van der Waals surface area contributed by atoms with E-state index in [0.29, 0.717) is 26.8 Å². The third kappa shape index (κ3) is 4.07. The zero-order valence-corrected chi connectivity index (χ0v) is 15.1. The van der Waals surface area contributed by atoms with Gasteiger partial charge in [0.15, 0.2) is 16.7 Å². The molecule has 2 N–H and O–H groups in total. The fourth-order valence-electron chi connectivity index (χ4n) is 2.18. The average molecular weight is 389 g/mol. The Balaban J connectivity index is 1.81. The summed E-state index contributed by atoms with van der Waals surface area (Å²) in [5.74, 6) is -0.305. The summed E-state index contributed by atoms with van der Waals surface area (Å²) < 4.78 is 10.7. The van der Waals surface area contributed by atoms with Gasteiger partial charge in [0, 0.05) is 5.02 Å². The van der Waals surface area contributed by atoms with E-state index >= 15 is 0 Å². The van der Waals surface area contributed by atoms with Crippen molar-refractivity contribution in [2.24, 2.45) is 10.7 Å². The molecule has 2 aromatic carbocycles. The Hall–Kier alpha value is -2.77. The molecule has 0 spiro atoms. The molecule has 0 radical (unpaired) electrons. The number of thioether (sulfide) groups is 1. The van der Waals surface area contributed by atoms with Crippen molar-refractivity contribution in [2.75, 3.05) is 7.11 Å². The molecule has 1 aliphatic rings. The van der Waals surface area contributed by atoms with Crippen LogP contribution in [0.1, 0.15) is 15.9 Å². The Morgan fingerprint density at radius 3 is 2.54 bits per heavy atom. The van der Waals surface area contributed by atoms with Crippen LogP contribution >= 0.6 is 23.4 Å². The lowest BCUT2D eigenvalue weighted by Crippen LogP contribution is -2.09.